The van der Waals surface area contributed by atoms with Crippen LogP contribution >= 0.6 is 11.8 Å². The van der Waals surface area contributed by atoms with Gasteiger partial charge in [-0.25, -0.2) is 0 Å². The molecular formula is C25H32N2OS. The molecule has 0 N–H and O–H groups in total. The summed E-state index contributed by atoms with van der Waals surface area (Å²) in [7, 11) is 4.20. The van der Waals surface area contributed by atoms with Crippen LogP contribution in [0.25, 0.3) is 0 Å². The highest BCUT2D eigenvalue weighted by atomic mass is 32.2. The van der Waals surface area contributed by atoms with Gasteiger partial charge in [-0.05, 0) is 43.9 Å². The summed E-state index contributed by atoms with van der Waals surface area (Å²) < 4.78 is 6.29. The van der Waals surface area contributed by atoms with E-state index < -0.39 is 0 Å². The summed E-state index contributed by atoms with van der Waals surface area (Å²) in [5.74, 6) is 10.1. The maximum absolute atomic E-state index is 6.29. The fraction of sp³-hybridized carbons (Fsp3) is 0.440. The number of para-hydroxylation sites is 1. The van der Waals surface area contributed by atoms with Gasteiger partial charge < -0.3 is 14.5 Å². The molecule has 1 atom stereocenters. The van der Waals surface area contributed by atoms with Crippen molar-refractivity contribution in [2.24, 2.45) is 0 Å². The van der Waals surface area contributed by atoms with Gasteiger partial charge in [0, 0.05) is 56.1 Å². The maximum Gasteiger partial charge on any atom is 0.125 e. The third-order valence-corrected chi connectivity index (χ3v) is 5.97. The average Bonchev–Trinajstić information content (AvgIpc) is 2.76. The lowest BCUT2D eigenvalue weighted by atomic mass is 10.0. The van der Waals surface area contributed by atoms with Crippen LogP contribution in [-0.2, 0) is 0 Å². The van der Waals surface area contributed by atoms with Crippen molar-refractivity contribution in [3.05, 3.63) is 65.7 Å². The van der Waals surface area contributed by atoms with Gasteiger partial charge in [-0.15, -0.1) is 0 Å². The molecule has 0 amide bonds. The zero-order valence-corrected chi connectivity index (χ0v) is 18.5. The summed E-state index contributed by atoms with van der Waals surface area (Å²) >= 11 is 2.05. The Hall–Kier alpha value is -1.93. The summed E-state index contributed by atoms with van der Waals surface area (Å²) in [6.07, 6.45) is 1.93. The minimum absolute atomic E-state index is 0.0405. The van der Waals surface area contributed by atoms with Crippen molar-refractivity contribution in [1.82, 2.24) is 9.80 Å². The molecule has 0 saturated carbocycles. The summed E-state index contributed by atoms with van der Waals surface area (Å²) in [6.45, 7) is 4.48. The first-order valence-electron chi connectivity index (χ1n) is 10.5. The van der Waals surface area contributed by atoms with E-state index in [1.165, 1.54) is 30.2 Å². The molecule has 1 unspecified atom stereocenters. The molecule has 154 valence electrons. The van der Waals surface area contributed by atoms with Gasteiger partial charge >= 0.3 is 0 Å². The smallest absolute Gasteiger partial charge is 0.125 e. The molecule has 3 nitrogen and oxygen atoms in total. The fourth-order valence-corrected chi connectivity index (χ4v) is 4.30. The molecular weight excluding hydrogens is 376 g/mol. The SMILES string of the molecule is CN(C)CCC(Oc1ccccc1)c1ccc(C#CCCN2CCSCC2)cc1. The van der Waals surface area contributed by atoms with Gasteiger partial charge in [0.1, 0.15) is 11.9 Å². The lowest BCUT2D eigenvalue weighted by molar-refractivity contribution is 0.179. The molecule has 0 aliphatic carbocycles. The summed E-state index contributed by atoms with van der Waals surface area (Å²) in [4.78, 5) is 4.72. The number of ether oxygens (including phenoxy) is 1. The maximum atomic E-state index is 6.29. The van der Waals surface area contributed by atoms with Crippen LogP contribution in [0.3, 0.4) is 0 Å². The van der Waals surface area contributed by atoms with Gasteiger partial charge in [-0.3, -0.25) is 0 Å². The topological polar surface area (TPSA) is 15.7 Å². The monoisotopic (exact) mass is 408 g/mol. The van der Waals surface area contributed by atoms with E-state index >= 15 is 0 Å². The summed E-state index contributed by atoms with van der Waals surface area (Å²) in [5.41, 5.74) is 2.28. The highest BCUT2D eigenvalue weighted by molar-refractivity contribution is 7.99. The minimum Gasteiger partial charge on any atom is -0.486 e. The Bertz CT molecular complexity index is 774. The van der Waals surface area contributed by atoms with Crippen molar-refractivity contribution < 1.29 is 4.74 Å². The number of nitrogens with zero attached hydrogens (tertiary/aromatic N) is 2. The molecule has 1 saturated heterocycles. The van der Waals surface area contributed by atoms with Crippen LogP contribution < -0.4 is 4.74 Å². The number of thioether (sulfide) groups is 1. The van der Waals surface area contributed by atoms with Crippen molar-refractivity contribution in [3.8, 4) is 17.6 Å². The van der Waals surface area contributed by atoms with Gasteiger partial charge in [0.15, 0.2) is 0 Å². The molecule has 0 spiro atoms. The van der Waals surface area contributed by atoms with Crippen molar-refractivity contribution >= 4 is 11.8 Å². The molecule has 1 heterocycles. The lowest BCUT2D eigenvalue weighted by Gasteiger charge is -2.24. The first-order valence-corrected chi connectivity index (χ1v) is 11.6. The predicted molar refractivity (Wildman–Crippen MR) is 125 cm³/mol. The second-order valence-electron chi connectivity index (χ2n) is 7.64. The quantitative estimate of drug-likeness (QED) is 0.595. The van der Waals surface area contributed by atoms with E-state index in [0.29, 0.717) is 0 Å². The number of hydrogen-bond acceptors (Lipinski definition) is 4. The van der Waals surface area contributed by atoms with E-state index in [2.05, 4.69) is 71.8 Å². The van der Waals surface area contributed by atoms with Crippen LogP contribution in [0.5, 0.6) is 5.75 Å². The Morgan fingerprint density at radius 1 is 1.03 bits per heavy atom. The predicted octanol–water partition coefficient (Wildman–Crippen LogP) is 4.55. The van der Waals surface area contributed by atoms with Crippen molar-refractivity contribution in [2.75, 3.05) is 51.8 Å². The van der Waals surface area contributed by atoms with Gasteiger partial charge in [-0.1, -0.05) is 42.2 Å². The second-order valence-corrected chi connectivity index (χ2v) is 8.86. The number of benzene rings is 2. The van der Waals surface area contributed by atoms with Crippen LogP contribution in [0, 0.1) is 11.8 Å². The van der Waals surface area contributed by atoms with E-state index in [4.69, 9.17) is 4.74 Å². The van der Waals surface area contributed by atoms with Crippen molar-refractivity contribution in [2.45, 2.75) is 18.9 Å². The third kappa shape index (κ3) is 7.78. The number of rotatable bonds is 8. The molecule has 2 aromatic rings. The molecule has 1 aliphatic rings. The van der Waals surface area contributed by atoms with Gasteiger partial charge in [0.2, 0.25) is 0 Å². The van der Waals surface area contributed by atoms with E-state index in [1.54, 1.807) is 0 Å². The van der Waals surface area contributed by atoms with E-state index in [-0.39, 0.29) is 6.10 Å². The van der Waals surface area contributed by atoms with E-state index in [9.17, 15) is 0 Å². The van der Waals surface area contributed by atoms with Crippen LogP contribution in [-0.4, -0.2) is 61.6 Å². The largest absolute Gasteiger partial charge is 0.486 e. The zero-order valence-electron chi connectivity index (χ0n) is 17.6. The van der Waals surface area contributed by atoms with Crippen molar-refractivity contribution in [1.29, 1.82) is 0 Å². The van der Waals surface area contributed by atoms with E-state index in [1.807, 2.05) is 30.3 Å². The number of hydrogen-bond donors (Lipinski definition) is 0. The molecule has 1 fully saturated rings. The molecule has 29 heavy (non-hydrogen) atoms. The van der Waals surface area contributed by atoms with Crippen LogP contribution in [0.2, 0.25) is 0 Å². The first-order chi connectivity index (χ1) is 14.2. The third-order valence-electron chi connectivity index (χ3n) is 5.03. The summed E-state index contributed by atoms with van der Waals surface area (Å²) in [5, 5.41) is 0. The minimum atomic E-state index is 0.0405. The molecule has 0 bridgehead atoms. The average molecular weight is 409 g/mol. The van der Waals surface area contributed by atoms with Gasteiger partial charge in [0.05, 0.1) is 0 Å². The Morgan fingerprint density at radius 2 is 1.76 bits per heavy atom. The van der Waals surface area contributed by atoms with Crippen LogP contribution in [0.15, 0.2) is 54.6 Å². The normalized spacial score (nSPS) is 15.6. The molecule has 2 aromatic carbocycles. The lowest BCUT2D eigenvalue weighted by Crippen LogP contribution is -2.33. The molecule has 0 radical (unpaired) electrons. The van der Waals surface area contributed by atoms with Gasteiger partial charge in [0.25, 0.3) is 0 Å². The zero-order chi connectivity index (χ0) is 20.3. The van der Waals surface area contributed by atoms with E-state index in [0.717, 1.165) is 37.2 Å². The molecule has 1 aliphatic heterocycles. The van der Waals surface area contributed by atoms with Gasteiger partial charge in [-0.2, -0.15) is 11.8 Å². The van der Waals surface area contributed by atoms with Crippen LogP contribution in [0.4, 0.5) is 0 Å². The fourth-order valence-electron chi connectivity index (χ4n) is 3.32. The Morgan fingerprint density at radius 3 is 2.45 bits per heavy atom. The standard InChI is InChI=1S/C25H32N2OS/c1-26(2)17-15-25(28-24-9-4-3-5-10-24)23-13-11-22(12-14-23)8-6-7-16-27-18-20-29-21-19-27/h3-5,9-14,25H,7,15-21H2,1-2H3. The van der Waals surface area contributed by atoms with Crippen LogP contribution in [0.1, 0.15) is 30.1 Å². The Kier molecular flexibility index (Phi) is 8.95. The highest BCUT2D eigenvalue weighted by Gasteiger charge is 2.14. The van der Waals surface area contributed by atoms with Crippen molar-refractivity contribution in [3.63, 3.8) is 0 Å². The molecule has 4 heteroatoms. The molecule has 3 rings (SSSR count). The first kappa shape index (κ1) is 21.8. The summed E-state index contributed by atoms with van der Waals surface area (Å²) in [6, 6.07) is 18.6. The second kappa shape index (κ2) is 11.9. The highest BCUT2D eigenvalue weighted by Crippen LogP contribution is 2.25. The Balaban J connectivity index is 1.58. The molecule has 0 aromatic heterocycles. The Labute approximate surface area is 180 Å².